The van der Waals surface area contributed by atoms with Gasteiger partial charge in [0.15, 0.2) is 12.0 Å². The van der Waals surface area contributed by atoms with Crippen LogP contribution in [0.1, 0.15) is 16.3 Å². The Bertz CT molecular complexity index is 214. The van der Waals surface area contributed by atoms with Gasteiger partial charge in [-0.1, -0.05) is 0 Å². The summed E-state index contributed by atoms with van der Waals surface area (Å²) in [6, 6.07) is 3.07. The second kappa shape index (κ2) is 9.35. The predicted molar refractivity (Wildman–Crippen MR) is 35.8 cm³/mol. The van der Waals surface area contributed by atoms with E-state index in [4.69, 9.17) is 9.52 Å². The molecule has 0 amide bonds. The molecule has 1 aromatic heterocycles. The smallest absolute Gasteiger partial charge is 1.00 e. The molecule has 0 saturated carbocycles. The van der Waals surface area contributed by atoms with Crippen LogP contribution < -0.4 is 24.8 Å². The second-order valence-electron chi connectivity index (χ2n) is 1.58. The fraction of sp³-hybridized carbons (Fsp3) is 0.167. The number of carbonyl (C=O) groups excluding carboxylic acids is 1. The molecular formula is C6H6Cl2MgO3. The van der Waals surface area contributed by atoms with E-state index in [1.165, 1.54) is 6.07 Å². The van der Waals surface area contributed by atoms with Gasteiger partial charge in [0.2, 0.25) is 0 Å². The van der Waals surface area contributed by atoms with E-state index < -0.39 is 0 Å². The van der Waals surface area contributed by atoms with E-state index in [0.29, 0.717) is 12.0 Å². The first-order chi connectivity index (χ1) is 4.36. The third kappa shape index (κ3) is 5.00. The fourth-order valence-corrected chi connectivity index (χ4v) is 0.543. The van der Waals surface area contributed by atoms with Crippen molar-refractivity contribution in [3.8, 4) is 0 Å². The molecule has 6 heteroatoms. The van der Waals surface area contributed by atoms with E-state index in [0.717, 1.165) is 0 Å². The Morgan fingerprint density at radius 2 is 2.00 bits per heavy atom. The van der Waals surface area contributed by atoms with E-state index in [9.17, 15) is 4.79 Å². The molecule has 0 unspecified atom stereocenters. The van der Waals surface area contributed by atoms with Gasteiger partial charge in [0.05, 0.1) is 0 Å². The molecule has 0 radical (unpaired) electrons. The average Bonchev–Trinajstić information content (AvgIpc) is 2.34. The van der Waals surface area contributed by atoms with Crippen LogP contribution in [0.15, 0.2) is 16.5 Å². The molecular weight excluding hydrogens is 215 g/mol. The van der Waals surface area contributed by atoms with Crippen molar-refractivity contribution in [1.29, 1.82) is 0 Å². The molecule has 1 N–H and O–H groups in total. The standard InChI is InChI=1S/C6H6O3.2ClH.Mg/c7-3-5-1-2-6(4-8)9-5;;;/h1-3,8H,4H2;2*1H;/q;;;+2/p-2. The summed E-state index contributed by atoms with van der Waals surface area (Å²) < 4.78 is 4.76. The fourth-order valence-electron chi connectivity index (χ4n) is 0.543. The van der Waals surface area contributed by atoms with Crippen LogP contribution in [0.25, 0.3) is 0 Å². The van der Waals surface area contributed by atoms with Gasteiger partial charge in [-0.3, -0.25) is 4.79 Å². The van der Waals surface area contributed by atoms with Gasteiger partial charge in [0.1, 0.15) is 12.4 Å². The Labute approximate surface area is 98.5 Å². The number of aliphatic hydroxyl groups excluding tert-OH is 1. The third-order valence-electron chi connectivity index (χ3n) is 0.954. The number of carbonyl (C=O) groups is 1. The number of rotatable bonds is 2. The van der Waals surface area contributed by atoms with Crippen LogP contribution in [-0.2, 0) is 6.61 Å². The molecule has 0 saturated heterocycles. The molecule has 1 rings (SSSR count). The van der Waals surface area contributed by atoms with Crippen LogP contribution in [-0.4, -0.2) is 34.4 Å². The Hall–Kier alpha value is 0.256. The summed E-state index contributed by atoms with van der Waals surface area (Å²) >= 11 is 0. The van der Waals surface area contributed by atoms with Gasteiger partial charge in [-0.25, -0.2) is 0 Å². The normalized spacial score (nSPS) is 7.08. The Balaban J connectivity index is -0.000000270. The number of hydrogen-bond acceptors (Lipinski definition) is 3. The maximum absolute atomic E-state index is 9.96. The maximum Gasteiger partial charge on any atom is 2.00 e. The van der Waals surface area contributed by atoms with Crippen LogP contribution in [0, 0.1) is 0 Å². The number of furan rings is 1. The summed E-state index contributed by atoms with van der Waals surface area (Å²) in [7, 11) is 0. The molecule has 1 aromatic rings. The summed E-state index contributed by atoms with van der Waals surface area (Å²) in [6.07, 6.45) is 0.596. The minimum atomic E-state index is -0.159. The summed E-state index contributed by atoms with van der Waals surface area (Å²) in [5.41, 5.74) is 0. The minimum Gasteiger partial charge on any atom is -1.00 e. The van der Waals surface area contributed by atoms with Gasteiger partial charge in [-0.05, 0) is 12.1 Å². The molecule has 1 heterocycles. The number of halogens is 2. The van der Waals surface area contributed by atoms with Crippen LogP contribution >= 0.6 is 0 Å². The minimum absolute atomic E-state index is 0. The van der Waals surface area contributed by atoms with Gasteiger partial charge in [-0.2, -0.15) is 0 Å². The molecule has 12 heavy (non-hydrogen) atoms. The SMILES string of the molecule is O=Cc1ccc(CO)o1.[Cl-].[Cl-].[Mg+2]. The number of aldehydes is 1. The van der Waals surface area contributed by atoms with Crippen molar-refractivity contribution < 1.29 is 39.1 Å². The third-order valence-corrected chi connectivity index (χ3v) is 0.954. The van der Waals surface area contributed by atoms with Crippen LogP contribution in [0.2, 0.25) is 0 Å². The summed E-state index contributed by atoms with van der Waals surface area (Å²) in [5.74, 6) is 0.663. The largest absolute Gasteiger partial charge is 2.00 e. The molecule has 0 bridgehead atoms. The van der Waals surface area contributed by atoms with Crippen LogP contribution in [0.3, 0.4) is 0 Å². The molecule has 0 aliphatic rings. The van der Waals surface area contributed by atoms with Crippen LogP contribution in [0.5, 0.6) is 0 Å². The van der Waals surface area contributed by atoms with Crippen molar-refractivity contribution in [2.45, 2.75) is 6.61 Å². The van der Waals surface area contributed by atoms with Crippen molar-refractivity contribution in [2.75, 3.05) is 0 Å². The van der Waals surface area contributed by atoms with Gasteiger partial charge in [0.25, 0.3) is 0 Å². The first-order valence-corrected chi connectivity index (χ1v) is 2.51. The van der Waals surface area contributed by atoms with Crippen molar-refractivity contribution in [2.24, 2.45) is 0 Å². The molecule has 0 aliphatic heterocycles. The van der Waals surface area contributed by atoms with Crippen molar-refractivity contribution >= 4 is 29.3 Å². The Kier molecular flexibility index (Phi) is 14.1. The maximum atomic E-state index is 9.96. The second-order valence-corrected chi connectivity index (χ2v) is 1.58. The number of aliphatic hydroxyl groups is 1. The van der Waals surface area contributed by atoms with Gasteiger partial charge in [0, 0.05) is 0 Å². The molecule has 0 aromatic carbocycles. The zero-order valence-electron chi connectivity index (χ0n) is 6.17. The first-order valence-electron chi connectivity index (χ1n) is 2.51. The molecule has 3 nitrogen and oxygen atoms in total. The zero-order valence-corrected chi connectivity index (χ0v) is 9.09. The summed E-state index contributed by atoms with van der Waals surface area (Å²) in [6.45, 7) is -0.159. The molecule has 0 aliphatic carbocycles. The zero-order chi connectivity index (χ0) is 6.69. The quantitative estimate of drug-likeness (QED) is 0.400. The Morgan fingerprint density at radius 3 is 2.25 bits per heavy atom. The summed E-state index contributed by atoms with van der Waals surface area (Å²) in [4.78, 5) is 9.96. The molecule has 0 spiro atoms. The van der Waals surface area contributed by atoms with Gasteiger partial charge in [-0.15, -0.1) is 0 Å². The first kappa shape index (κ1) is 18.1. The van der Waals surface area contributed by atoms with E-state index in [1.807, 2.05) is 0 Å². The van der Waals surface area contributed by atoms with E-state index in [2.05, 4.69) is 0 Å². The van der Waals surface area contributed by atoms with Gasteiger partial charge >= 0.3 is 23.1 Å². The van der Waals surface area contributed by atoms with Crippen molar-refractivity contribution in [1.82, 2.24) is 0 Å². The average molecular weight is 221 g/mol. The van der Waals surface area contributed by atoms with Crippen molar-refractivity contribution in [3.63, 3.8) is 0 Å². The van der Waals surface area contributed by atoms with Crippen molar-refractivity contribution in [3.05, 3.63) is 23.7 Å². The molecule has 0 atom stereocenters. The van der Waals surface area contributed by atoms with Gasteiger partial charge < -0.3 is 34.3 Å². The number of hydrogen-bond donors (Lipinski definition) is 1. The predicted octanol–water partition coefficient (Wildman–Crippen LogP) is -5.79. The topological polar surface area (TPSA) is 50.4 Å². The summed E-state index contributed by atoms with van der Waals surface area (Å²) in [5, 5.41) is 8.44. The molecule has 64 valence electrons. The van der Waals surface area contributed by atoms with E-state index in [-0.39, 0.29) is 60.2 Å². The van der Waals surface area contributed by atoms with Crippen LogP contribution in [0.4, 0.5) is 0 Å². The van der Waals surface area contributed by atoms with E-state index >= 15 is 0 Å². The Morgan fingerprint density at radius 1 is 1.42 bits per heavy atom. The molecule has 0 fully saturated rings. The monoisotopic (exact) mass is 220 g/mol. The van der Waals surface area contributed by atoms with E-state index in [1.54, 1.807) is 6.07 Å².